The van der Waals surface area contributed by atoms with Crippen molar-refractivity contribution < 1.29 is 19.0 Å². The summed E-state index contributed by atoms with van der Waals surface area (Å²) in [6.45, 7) is 3.94. The smallest absolute Gasteiger partial charge is 0.338 e. The number of esters is 1. The van der Waals surface area contributed by atoms with Gasteiger partial charge in [0, 0.05) is 18.3 Å². The van der Waals surface area contributed by atoms with Crippen molar-refractivity contribution in [2.45, 2.75) is 50.3 Å². The van der Waals surface area contributed by atoms with Gasteiger partial charge in [0.15, 0.2) is 5.79 Å². The summed E-state index contributed by atoms with van der Waals surface area (Å²) in [4.78, 5) is 12.7. The van der Waals surface area contributed by atoms with E-state index in [1.165, 1.54) is 0 Å². The van der Waals surface area contributed by atoms with Gasteiger partial charge in [-0.2, -0.15) is 0 Å². The van der Waals surface area contributed by atoms with Crippen molar-refractivity contribution in [3.8, 4) is 0 Å². The predicted molar refractivity (Wildman–Crippen MR) is 87.3 cm³/mol. The molecule has 6 atom stereocenters. The molecule has 1 aromatic carbocycles. The molecule has 1 saturated heterocycles. The molecule has 5 rings (SSSR count). The number of rotatable bonds is 2. The molecule has 2 bridgehead atoms. The lowest BCUT2D eigenvalue weighted by Gasteiger charge is -2.42. The molecule has 0 unspecified atom stereocenters. The van der Waals surface area contributed by atoms with E-state index < -0.39 is 11.4 Å². The van der Waals surface area contributed by atoms with Crippen LogP contribution in [0.2, 0.25) is 0 Å². The van der Waals surface area contributed by atoms with E-state index in [2.05, 4.69) is 12.2 Å². The van der Waals surface area contributed by atoms with Crippen LogP contribution in [-0.4, -0.2) is 29.6 Å². The highest BCUT2D eigenvalue weighted by atomic mass is 16.8. The lowest BCUT2D eigenvalue weighted by Crippen LogP contribution is -2.53. The molecular formula is C20H22O4. The highest BCUT2D eigenvalue weighted by molar-refractivity contribution is 5.89. The van der Waals surface area contributed by atoms with Gasteiger partial charge in [0.05, 0.1) is 17.8 Å². The zero-order valence-electron chi connectivity index (χ0n) is 14.0. The minimum atomic E-state index is -0.542. The first-order valence-corrected chi connectivity index (χ1v) is 8.81. The molecule has 0 N–H and O–H groups in total. The first-order valence-electron chi connectivity index (χ1n) is 8.81. The molecule has 4 nitrogen and oxygen atoms in total. The highest BCUT2D eigenvalue weighted by Gasteiger charge is 2.71. The van der Waals surface area contributed by atoms with Crippen molar-refractivity contribution in [3.63, 3.8) is 0 Å². The molecule has 3 fully saturated rings. The zero-order chi connectivity index (χ0) is 16.5. The van der Waals surface area contributed by atoms with Crippen molar-refractivity contribution in [2.75, 3.05) is 0 Å². The molecule has 3 aliphatic carbocycles. The highest BCUT2D eigenvalue weighted by Crippen LogP contribution is 2.64. The van der Waals surface area contributed by atoms with Gasteiger partial charge >= 0.3 is 5.97 Å². The second kappa shape index (κ2) is 4.70. The number of ether oxygens (including phenoxy) is 3. The predicted octanol–water partition coefficient (Wildman–Crippen LogP) is 3.33. The molecule has 0 spiro atoms. The van der Waals surface area contributed by atoms with Gasteiger partial charge in [-0.05, 0) is 38.3 Å². The summed E-state index contributed by atoms with van der Waals surface area (Å²) in [5, 5.41) is 0. The van der Waals surface area contributed by atoms with Crippen LogP contribution in [0, 0.1) is 17.8 Å². The molecule has 126 valence electrons. The third-order valence-corrected chi connectivity index (χ3v) is 6.23. The number of hydrogen-bond donors (Lipinski definition) is 0. The summed E-state index contributed by atoms with van der Waals surface area (Å²) in [6, 6.07) is 9.26. The van der Waals surface area contributed by atoms with Crippen LogP contribution in [0.15, 0.2) is 42.5 Å². The molecule has 4 aliphatic rings. The number of carbonyl (C=O) groups is 1. The topological polar surface area (TPSA) is 44.8 Å². The summed E-state index contributed by atoms with van der Waals surface area (Å²) in [5.74, 6) is 0.0608. The maximum Gasteiger partial charge on any atom is 0.338 e. The third kappa shape index (κ3) is 1.84. The van der Waals surface area contributed by atoms with E-state index in [0.717, 1.165) is 12.8 Å². The largest absolute Gasteiger partial charge is 0.454 e. The Morgan fingerprint density at radius 3 is 2.71 bits per heavy atom. The fourth-order valence-corrected chi connectivity index (χ4v) is 5.44. The number of hydrogen-bond acceptors (Lipinski definition) is 4. The zero-order valence-corrected chi connectivity index (χ0v) is 14.0. The number of carbonyl (C=O) groups excluding carboxylic acids is 1. The minimum Gasteiger partial charge on any atom is -0.454 e. The summed E-state index contributed by atoms with van der Waals surface area (Å²) >= 11 is 0. The van der Waals surface area contributed by atoms with Gasteiger partial charge < -0.3 is 14.2 Å². The average Bonchev–Trinajstić information content (AvgIpc) is 3.24. The first-order chi connectivity index (χ1) is 11.5. The Balaban J connectivity index is 1.46. The summed E-state index contributed by atoms with van der Waals surface area (Å²) < 4.78 is 18.5. The van der Waals surface area contributed by atoms with Gasteiger partial charge in [0.1, 0.15) is 5.60 Å². The normalized spacial score (nSPS) is 43.7. The van der Waals surface area contributed by atoms with E-state index in [9.17, 15) is 4.79 Å². The van der Waals surface area contributed by atoms with E-state index in [4.69, 9.17) is 14.2 Å². The van der Waals surface area contributed by atoms with Crippen LogP contribution < -0.4 is 0 Å². The molecule has 4 heteroatoms. The molecule has 1 aliphatic heterocycles. The lowest BCUT2D eigenvalue weighted by atomic mass is 9.74. The Morgan fingerprint density at radius 2 is 1.92 bits per heavy atom. The Morgan fingerprint density at radius 1 is 1.17 bits per heavy atom. The maximum absolute atomic E-state index is 12.7. The van der Waals surface area contributed by atoms with Gasteiger partial charge in [-0.3, -0.25) is 0 Å². The van der Waals surface area contributed by atoms with Crippen molar-refractivity contribution in [1.29, 1.82) is 0 Å². The lowest BCUT2D eigenvalue weighted by molar-refractivity contribution is -0.161. The monoisotopic (exact) mass is 326 g/mol. The van der Waals surface area contributed by atoms with E-state index in [1.807, 2.05) is 44.2 Å². The van der Waals surface area contributed by atoms with Crippen LogP contribution in [0.1, 0.15) is 37.0 Å². The number of fused-ring (bicyclic) bond motifs is 8. The van der Waals surface area contributed by atoms with E-state index in [1.54, 1.807) is 0 Å². The van der Waals surface area contributed by atoms with Crippen molar-refractivity contribution in [1.82, 2.24) is 0 Å². The van der Waals surface area contributed by atoms with Crippen molar-refractivity contribution in [3.05, 3.63) is 48.0 Å². The molecule has 2 saturated carbocycles. The van der Waals surface area contributed by atoms with E-state index >= 15 is 0 Å². The second-order valence-electron chi connectivity index (χ2n) is 7.94. The van der Waals surface area contributed by atoms with Gasteiger partial charge in [0.25, 0.3) is 0 Å². The van der Waals surface area contributed by atoms with Gasteiger partial charge in [-0.25, -0.2) is 4.79 Å². The molecule has 0 amide bonds. The van der Waals surface area contributed by atoms with Gasteiger partial charge in [0.2, 0.25) is 0 Å². The SMILES string of the molecule is CC1(C)O[C@@H]2[C@@H]3C[C@H]([C@@H]2O1)[C@]1(OC(=O)c2ccccc2)CC=C[C@H]31. The average molecular weight is 326 g/mol. The van der Waals surface area contributed by atoms with Gasteiger partial charge in [-0.15, -0.1) is 0 Å². The molecule has 0 radical (unpaired) electrons. The molecule has 1 aromatic rings. The molecule has 24 heavy (non-hydrogen) atoms. The van der Waals surface area contributed by atoms with Gasteiger partial charge in [-0.1, -0.05) is 30.4 Å². The standard InChI is InChI=1S/C20H22O4/c1-19(2)22-16-13-11-15(17(16)23-19)20(10-6-9-14(13)20)24-18(21)12-7-4-3-5-8-12/h3-9,13-17H,10-11H2,1-2H3/t13-,14-,15-,16-,17+,20+/m1/s1. The van der Waals surface area contributed by atoms with Crippen molar-refractivity contribution in [2.24, 2.45) is 17.8 Å². The number of benzene rings is 1. The summed E-state index contributed by atoms with van der Waals surface area (Å²) in [6.07, 6.45) is 6.35. The third-order valence-electron chi connectivity index (χ3n) is 6.23. The molecule has 0 aromatic heterocycles. The fraction of sp³-hybridized carbons (Fsp3) is 0.550. The Kier molecular flexibility index (Phi) is 2.88. The summed E-state index contributed by atoms with van der Waals surface area (Å²) in [5.41, 5.74) is 0.156. The second-order valence-corrected chi connectivity index (χ2v) is 7.94. The fourth-order valence-electron chi connectivity index (χ4n) is 5.44. The Bertz CT molecular complexity index is 710. The quantitative estimate of drug-likeness (QED) is 0.618. The molecule has 1 heterocycles. The van der Waals surface area contributed by atoms with E-state index in [-0.39, 0.29) is 30.0 Å². The van der Waals surface area contributed by atoms with Crippen LogP contribution in [0.4, 0.5) is 0 Å². The Labute approximate surface area is 141 Å². The maximum atomic E-state index is 12.7. The molecular weight excluding hydrogens is 304 g/mol. The first kappa shape index (κ1) is 14.7. The minimum absolute atomic E-state index is 0.0322. The van der Waals surface area contributed by atoms with E-state index in [0.29, 0.717) is 11.5 Å². The van der Waals surface area contributed by atoms with Crippen LogP contribution in [-0.2, 0) is 14.2 Å². The van der Waals surface area contributed by atoms with Crippen molar-refractivity contribution >= 4 is 5.97 Å². The Hall–Kier alpha value is -1.65. The van der Waals surface area contributed by atoms with Crippen LogP contribution in [0.25, 0.3) is 0 Å². The van der Waals surface area contributed by atoms with Crippen LogP contribution >= 0.6 is 0 Å². The summed E-state index contributed by atoms with van der Waals surface area (Å²) in [7, 11) is 0. The van der Waals surface area contributed by atoms with Crippen LogP contribution in [0.3, 0.4) is 0 Å². The van der Waals surface area contributed by atoms with Crippen LogP contribution in [0.5, 0.6) is 0 Å².